The molecule has 1 aromatic heterocycles. The van der Waals surface area contributed by atoms with Crippen LogP contribution in [-0.4, -0.2) is 17.3 Å². The third-order valence-electron chi connectivity index (χ3n) is 3.80. The van der Waals surface area contributed by atoms with E-state index in [4.69, 9.17) is 16.7 Å². The molecule has 0 amide bonds. The van der Waals surface area contributed by atoms with E-state index in [9.17, 15) is 18.4 Å². The molecule has 2 heterocycles. The van der Waals surface area contributed by atoms with Gasteiger partial charge in [0.2, 0.25) is 5.96 Å². The summed E-state index contributed by atoms with van der Waals surface area (Å²) in [5, 5.41) is 23.2. The van der Waals surface area contributed by atoms with Gasteiger partial charge in [0.1, 0.15) is 35.1 Å². The van der Waals surface area contributed by atoms with Crippen LogP contribution in [0.25, 0.3) is 0 Å². The normalized spacial score (nSPS) is 15.2. The van der Waals surface area contributed by atoms with E-state index in [0.29, 0.717) is 0 Å². The number of ether oxygens (including phenoxy) is 1. The fourth-order valence-corrected chi connectivity index (χ4v) is 3.25. The minimum Gasteiger partial charge on any atom is -0.406 e. The maximum atomic E-state index is 12.7. The standard InChI is InChI=1S/C16H10BrF3N8O/c17-7-1-6(2-8(3-7)29-16(18,19)20)12-10-11(23)9(4-21)13(24)27-14(10)28-15(26-12)25-5-22/h1-3,12H,(H6,23,24,25,26,27,28). The van der Waals surface area contributed by atoms with Crippen LogP contribution in [0.1, 0.15) is 22.7 Å². The highest BCUT2D eigenvalue weighted by atomic mass is 79.9. The molecule has 0 radical (unpaired) electrons. The molecule has 29 heavy (non-hydrogen) atoms. The lowest BCUT2D eigenvalue weighted by Crippen LogP contribution is -2.32. The van der Waals surface area contributed by atoms with Gasteiger partial charge in [-0.1, -0.05) is 15.9 Å². The molecule has 148 valence electrons. The lowest BCUT2D eigenvalue weighted by Gasteiger charge is -2.26. The first-order valence-electron chi connectivity index (χ1n) is 7.68. The summed E-state index contributed by atoms with van der Waals surface area (Å²) in [5.74, 6) is -0.563. The van der Waals surface area contributed by atoms with E-state index in [1.165, 1.54) is 6.07 Å². The van der Waals surface area contributed by atoms with E-state index in [-0.39, 0.29) is 44.4 Å². The molecule has 3 rings (SSSR count). The number of rotatable bonds is 2. The van der Waals surface area contributed by atoms with Crippen LogP contribution in [0.2, 0.25) is 0 Å². The van der Waals surface area contributed by atoms with Gasteiger partial charge in [-0.25, -0.2) is 9.98 Å². The van der Waals surface area contributed by atoms with Crippen molar-refractivity contribution in [3.05, 3.63) is 39.4 Å². The maximum absolute atomic E-state index is 12.7. The van der Waals surface area contributed by atoms with Gasteiger partial charge in [0.05, 0.1) is 5.69 Å². The number of hydrogen-bond acceptors (Lipinski definition) is 9. The number of anilines is 3. The molecule has 1 aromatic carbocycles. The molecule has 0 bridgehead atoms. The van der Waals surface area contributed by atoms with E-state index in [0.717, 1.165) is 12.1 Å². The Morgan fingerprint density at radius 1 is 1.24 bits per heavy atom. The van der Waals surface area contributed by atoms with Crippen molar-refractivity contribution < 1.29 is 17.9 Å². The summed E-state index contributed by atoms with van der Waals surface area (Å²) in [6.45, 7) is 0. The Balaban J connectivity index is 2.22. The number of fused-ring (bicyclic) bond motifs is 1. The highest BCUT2D eigenvalue weighted by Crippen LogP contribution is 2.42. The van der Waals surface area contributed by atoms with Gasteiger partial charge in [-0.3, -0.25) is 5.32 Å². The highest BCUT2D eigenvalue weighted by molar-refractivity contribution is 9.10. The van der Waals surface area contributed by atoms with Crippen LogP contribution in [0.5, 0.6) is 5.75 Å². The number of halogens is 4. The van der Waals surface area contributed by atoms with Crippen LogP contribution >= 0.6 is 15.9 Å². The molecule has 0 saturated carbocycles. The molecule has 0 aliphatic carbocycles. The number of nitriles is 2. The second-order valence-electron chi connectivity index (χ2n) is 5.67. The molecule has 0 fully saturated rings. The minimum absolute atomic E-state index is 0.0285. The molecule has 0 spiro atoms. The number of guanidine groups is 1. The average molecular weight is 467 g/mol. The highest BCUT2D eigenvalue weighted by Gasteiger charge is 2.33. The van der Waals surface area contributed by atoms with Gasteiger partial charge in [-0.15, -0.1) is 13.2 Å². The van der Waals surface area contributed by atoms with Crippen LogP contribution in [0.3, 0.4) is 0 Å². The van der Waals surface area contributed by atoms with Gasteiger partial charge >= 0.3 is 6.36 Å². The van der Waals surface area contributed by atoms with E-state index < -0.39 is 18.2 Å². The van der Waals surface area contributed by atoms with Gasteiger partial charge in [-0.05, 0) is 23.8 Å². The van der Waals surface area contributed by atoms with Gasteiger partial charge in [0.25, 0.3) is 0 Å². The Hall–Kier alpha value is -3.71. The molecule has 6 N–H and O–H groups in total. The largest absolute Gasteiger partial charge is 0.573 e. The lowest BCUT2D eigenvalue weighted by atomic mass is 9.95. The molecular weight excluding hydrogens is 457 g/mol. The smallest absolute Gasteiger partial charge is 0.406 e. The molecule has 9 nitrogen and oxygen atoms in total. The molecule has 2 aromatic rings. The van der Waals surface area contributed by atoms with Crippen molar-refractivity contribution >= 4 is 39.2 Å². The van der Waals surface area contributed by atoms with Crippen LogP contribution in [0, 0.1) is 22.8 Å². The number of aliphatic imine (C=N–C) groups is 1. The number of nitrogens with one attached hydrogen (secondary N) is 2. The first-order valence-corrected chi connectivity index (χ1v) is 8.47. The summed E-state index contributed by atoms with van der Waals surface area (Å²) < 4.78 is 42.2. The van der Waals surface area contributed by atoms with Crippen molar-refractivity contribution in [3.63, 3.8) is 0 Å². The first-order chi connectivity index (χ1) is 13.6. The van der Waals surface area contributed by atoms with E-state index >= 15 is 0 Å². The molecular formula is C16H10BrF3N8O. The van der Waals surface area contributed by atoms with Gasteiger partial charge in [0.15, 0.2) is 6.19 Å². The molecule has 1 aliphatic heterocycles. The number of nitrogen functional groups attached to an aromatic ring is 2. The number of nitrogens with zero attached hydrogens (tertiary/aromatic N) is 4. The average Bonchev–Trinajstić information content (AvgIpc) is 2.59. The van der Waals surface area contributed by atoms with E-state index in [1.807, 2.05) is 6.07 Å². The van der Waals surface area contributed by atoms with Crippen molar-refractivity contribution in [2.75, 3.05) is 16.8 Å². The third kappa shape index (κ3) is 4.09. The predicted octanol–water partition coefficient (Wildman–Crippen LogP) is 2.72. The summed E-state index contributed by atoms with van der Waals surface area (Å²) in [6, 6.07) is 4.58. The Morgan fingerprint density at radius 3 is 2.59 bits per heavy atom. The Kier molecular flexibility index (Phi) is 5.09. The zero-order valence-electron chi connectivity index (χ0n) is 14.2. The van der Waals surface area contributed by atoms with Crippen molar-refractivity contribution in [1.82, 2.24) is 10.3 Å². The van der Waals surface area contributed by atoms with Crippen LogP contribution in [0.15, 0.2) is 27.7 Å². The van der Waals surface area contributed by atoms with Gasteiger partial charge in [0, 0.05) is 10.0 Å². The van der Waals surface area contributed by atoms with Crippen molar-refractivity contribution in [1.29, 1.82) is 10.5 Å². The maximum Gasteiger partial charge on any atom is 0.573 e. The molecule has 1 atom stereocenters. The van der Waals surface area contributed by atoms with E-state index in [1.54, 1.807) is 6.19 Å². The Labute approximate surface area is 169 Å². The monoisotopic (exact) mass is 466 g/mol. The second-order valence-corrected chi connectivity index (χ2v) is 6.59. The van der Waals surface area contributed by atoms with Crippen molar-refractivity contribution in [3.8, 4) is 18.0 Å². The van der Waals surface area contributed by atoms with Crippen molar-refractivity contribution in [2.24, 2.45) is 4.99 Å². The Morgan fingerprint density at radius 2 is 1.97 bits per heavy atom. The van der Waals surface area contributed by atoms with Crippen LogP contribution in [-0.2, 0) is 0 Å². The summed E-state index contributed by atoms with van der Waals surface area (Å²) >= 11 is 3.13. The van der Waals surface area contributed by atoms with Crippen LogP contribution < -0.4 is 26.8 Å². The SMILES string of the molecule is N#CNC1=NC(c2cc(Br)cc(OC(F)(F)F)c2)c2c(nc(N)c(C#N)c2N)N1. The fourth-order valence-electron chi connectivity index (χ4n) is 2.76. The van der Waals surface area contributed by atoms with Crippen LogP contribution in [0.4, 0.5) is 30.5 Å². The molecule has 13 heteroatoms. The van der Waals surface area contributed by atoms with Gasteiger partial charge in [-0.2, -0.15) is 10.5 Å². The summed E-state index contributed by atoms with van der Waals surface area (Å²) in [6.07, 6.45) is -3.22. The lowest BCUT2D eigenvalue weighted by molar-refractivity contribution is -0.274. The number of pyridine rings is 1. The Bertz CT molecular complexity index is 1100. The number of benzene rings is 1. The number of aromatic nitrogens is 1. The summed E-state index contributed by atoms with van der Waals surface area (Å²) in [4.78, 5) is 8.34. The molecule has 1 unspecified atom stereocenters. The first kappa shape index (κ1) is 20.0. The molecule has 0 saturated heterocycles. The quantitative estimate of drug-likeness (QED) is 0.388. The van der Waals surface area contributed by atoms with E-state index in [2.05, 4.69) is 41.3 Å². The topological polar surface area (TPSA) is 158 Å². The number of alkyl halides is 3. The number of nitrogens with two attached hydrogens (primary N) is 2. The van der Waals surface area contributed by atoms with Gasteiger partial charge < -0.3 is 21.5 Å². The zero-order chi connectivity index (χ0) is 21.3. The summed E-state index contributed by atoms with van der Waals surface area (Å²) in [5.41, 5.74) is 12.2. The molecule has 1 aliphatic rings. The zero-order valence-corrected chi connectivity index (χ0v) is 15.8. The summed E-state index contributed by atoms with van der Waals surface area (Å²) in [7, 11) is 0. The second kappa shape index (κ2) is 7.37. The number of hydrogen-bond donors (Lipinski definition) is 4. The fraction of sp³-hybridized carbons (Fsp3) is 0.125. The minimum atomic E-state index is -4.90. The van der Waals surface area contributed by atoms with Crippen molar-refractivity contribution in [2.45, 2.75) is 12.4 Å². The third-order valence-corrected chi connectivity index (χ3v) is 4.26. The predicted molar refractivity (Wildman–Crippen MR) is 100 cm³/mol.